The van der Waals surface area contributed by atoms with Crippen LogP contribution in [0.4, 0.5) is 13.2 Å². The molecular weight excluding hydrogens is 514 g/mol. The number of nitrogens with zero attached hydrogens (tertiary/aromatic N) is 1. The van der Waals surface area contributed by atoms with Crippen LogP contribution >= 0.6 is 24.0 Å². The summed E-state index contributed by atoms with van der Waals surface area (Å²) in [4.78, 5) is 4.44. The number of ether oxygens (including phenoxy) is 3. The lowest BCUT2D eigenvalue weighted by Crippen LogP contribution is -2.39. The summed E-state index contributed by atoms with van der Waals surface area (Å²) in [5, 5.41) is 6.27. The molecule has 1 aromatic carbocycles. The molecule has 0 saturated heterocycles. The maximum absolute atomic E-state index is 12.3. The molecule has 0 saturated carbocycles. The number of rotatable bonds is 14. The summed E-state index contributed by atoms with van der Waals surface area (Å²) in [6.45, 7) is 6.74. The minimum absolute atomic E-state index is 0. The molecule has 0 radical (unpaired) electrons. The average molecular weight is 547 g/mol. The zero-order valence-corrected chi connectivity index (χ0v) is 19.9. The van der Waals surface area contributed by atoms with Crippen LogP contribution in [0.5, 0.6) is 5.75 Å². The third kappa shape index (κ3) is 15.6. The van der Waals surface area contributed by atoms with E-state index in [2.05, 4.69) is 22.5 Å². The molecular formula is C20H33F3IN3O3. The van der Waals surface area contributed by atoms with Crippen molar-refractivity contribution in [3.05, 3.63) is 29.8 Å². The summed E-state index contributed by atoms with van der Waals surface area (Å²) in [6, 6.07) is 6.48. The average Bonchev–Trinajstić information content (AvgIpc) is 2.69. The first-order chi connectivity index (χ1) is 13.9. The van der Waals surface area contributed by atoms with Gasteiger partial charge in [0.25, 0.3) is 0 Å². The SMILES string of the molecule is CCCCOCCOCCNC(=NCc1cccc(OCC(F)(F)F)c1)NCC.I. The minimum Gasteiger partial charge on any atom is -0.484 e. The Morgan fingerprint density at radius 1 is 1.03 bits per heavy atom. The molecule has 0 heterocycles. The predicted octanol–water partition coefficient (Wildman–Crippen LogP) is 4.13. The third-order valence-electron chi connectivity index (χ3n) is 3.62. The number of benzene rings is 1. The first-order valence-electron chi connectivity index (χ1n) is 9.90. The number of nitrogens with one attached hydrogen (secondary N) is 2. The van der Waals surface area contributed by atoms with Crippen LogP contribution in [0, 0.1) is 0 Å². The van der Waals surface area contributed by atoms with Gasteiger partial charge in [0.05, 0.1) is 26.4 Å². The van der Waals surface area contributed by atoms with Crippen molar-refractivity contribution in [1.29, 1.82) is 0 Å². The summed E-state index contributed by atoms with van der Waals surface area (Å²) in [6.07, 6.45) is -2.19. The van der Waals surface area contributed by atoms with Gasteiger partial charge >= 0.3 is 6.18 Å². The van der Waals surface area contributed by atoms with Crippen LogP contribution in [-0.2, 0) is 16.0 Å². The van der Waals surface area contributed by atoms with Gasteiger partial charge in [-0.1, -0.05) is 25.5 Å². The smallest absolute Gasteiger partial charge is 0.422 e. The standard InChI is InChI=1S/C20H32F3N3O3.HI/c1-3-5-10-27-12-13-28-11-9-25-19(24-4-2)26-15-17-7-6-8-18(14-17)29-16-20(21,22)23;/h6-8,14H,3-5,9-13,15-16H2,1-2H3,(H2,24,25,26);1H. The highest BCUT2D eigenvalue weighted by molar-refractivity contribution is 14.0. The first kappa shape index (κ1) is 28.7. The Morgan fingerprint density at radius 2 is 1.77 bits per heavy atom. The van der Waals surface area contributed by atoms with E-state index in [0.29, 0.717) is 45.4 Å². The van der Waals surface area contributed by atoms with E-state index in [-0.39, 0.29) is 29.7 Å². The first-order valence-corrected chi connectivity index (χ1v) is 9.90. The molecule has 2 N–H and O–H groups in total. The largest absolute Gasteiger partial charge is 0.484 e. The van der Waals surface area contributed by atoms with Crippen LogP contribution in [0.2, 0.25) is 0 Å². The van der Waals surface area contributed by atoms with Crippen molar-refractivity contribution in [1.82, 2.24) is 10.6 Å². The molecule has 1 rings (SSSR count). The highest BCUT2D eigenvalue weighted by atomic mass is 127. The molecule has 30 heavy (non-hydrogen) atoms. The number of halogens is 4. The van der Waals surface area contributed by atoms with Crippen molar-refractivity contribution in [2.24, 2.45) is 4.99 Å². The van der Waals surface area contributed by atoms with E-state index in [1.807, 2.05) is 6.92 Å². The van der Waals surface area contributed by atoms with Crippen molar-refractivity contribution < 1.29 is 27.4 Å². The predicted molar refractivity (Wildman–Crippen MR) is 123 cm³/mol. The normalized spacial score (nSPS) is 11.7. The maximum Gasteiger partial charge on any atom is 0.422 e. The van der Waals surface area contributed by atoms with Crippen LogP contribution in [0.25, 0.3) is 0 Å². The molecule has 0 fully saturated rings. The molecule has 0 aliphatic carbocycles. The van der Waals surface area contributed by atoms with E-state index in [1.54, 1.807) is 18.2 Å². The Labute approximate surface area is 194 Å². The summed E-state index contributed by atoms with van der Waals surface area (Å²) >= 11 is 0. The Bertz CT molecular complexity index is 590. The summed E-state index contributed by atoms with van der Waals surface area (Å²) < 4.78 is 52.5. The molecule has 0 spiro atoms. The van der Waals surface area contributed by atoms with Crippen LogP contribution in [0.15, 0.2) is 29.3 Å². The van der Waals surface area contributed by atoms with Crippen molar-refractivity contribution >= 4 is 29.9 Å². The Balaban J connectivity index is 0.00000841. The highest BCUT2D eigenvalue weighted by Crippen LogP contribution is 2.19. The van der Waals surface area contributed by atoms with Gasteiger partial charge in [-0.15, -0.1) is 24.0 Å². The van der Waals surface area contributed by atoms with Gasteiger partial charge in [0.1, 0.15) is 5.75 Å². The van der Waals surface area contributed by atoms with Crippen LogP contribution < -0.4 is 15.4 Å². The molecule has 10 heteroatoms. The van der Waals surface area contributed by atoms with Crippen molar-refractivity contribution in [3.63, 3.8) is 0 Å². The molecule has 0 aliphatic heterocycles. The zero-order chi connectivity index (χ0) is 21.4. The molecule has 1 aromatic rings. The summed E-state index contributed by atoms with van der Waals surface area (Å²) in [5.74, 6) is 0.777. The number of hydrogen-bond donors (Lipinski definition) is 2. The van der Waals surface area contributed by atoms with E-state index in [1.165, 1.54) is 6.07 Å². The number of guanidine groups is 1. The van der Waals surface area contributed by atoms with Gasteiger partial charge in [-0.05, 0) is 31.0 Å². The lowest BCUT2D eigenvalue weighted by molar-refractivity contribution is -0.153. The minimum atomic E-state index is -4.36. The summed E-state index contributed by atoms with van der Waals surface area (Å²) in [7, 11) is 0. The molecule has 0 aliphatic rings. The second-order valence-electron chi connectivity index (χ2n) is 6.25. The number of aliphatic imine (C=N–C) groups is 1. The zero-order valence-electron chi connectivity index (χ0n) is 17.6. The van der Waals surface area contributed by atoms with E-state index in [0.717, 1.165) is 25.0 Å². The fourth-order valence-corrected chi connectivity index (χ4v) is 2.22. The second-order valence-corrected chi connectivity index (χ2v) is 6.25. The molecule has 0 unspecified atom stereocenters. The molecule has 0 aromatic heterocycles. The number of unbranched alkanes of at least 4 members (excludes halogenated alkanes) is 1. The fraction of sp³-hybridized carbons (Fsp3) is 0.650. The lowest BCUT2D eigenvalue weighted by Gasteiger charge is -2.12. The maximum atomic E-state index is 12.3. The van der Waals surface area contributed by atoms with Gasteiger partial charge < -0.3 is 24.8 Å². The van der Waals surface area contributed by atoms with E-state index < -0.39 is 12.8 Å². The fourth-order valence-electron chi connectivity index (χ4n) is 2.22. The number of hydrogen-bond acceptors (Lipinski definition) is 4. The Morgan fingerprint density at radius 3 is 2.43 bits per heavy atom. The van der Waals surface area contributed by atoms with Crippen LogP contribution in [-0.4, -0.2) is 58.3 Å². The summed E-state index contributed by atoms with van der Waals surface area (Å²) in [5.41, 5.74) is 0.752. The Hall–Kier alpha value is -1.27. The van der Waals surface area contributed by atoms with Crippen molar-refractivity contribution in [2.75, 3.05) is 46.1 Å². The van der Waals surface area contributed by atoms with Gasteiger partial charge in [-0.3, -0.25) is 0 Å². The van der Waals surface area contributed by atoms with Gasteiger partial charge in [-0.25, -0.2) is 4.99 Å². The van der Waals surface area contributed by atoms with Crippen molar-refractivity contribution in [3.8, 4) is 5.75 Å². The van der Waals surface area contributed by atoms with Crippen LogP contribution in [0.3, 0.4) is 0 Å². The quantitative estimate of drug-likeness (QED) is 0.159. The van der Waals surface area contributed by atoms with E-state index >= 15 is 0 Å². The second kappa shape index (κ2) is 17.4. The molecule has 174 valence electrons. The van der Waals surface area contributed by atoms with Gasteiger partial charge in [0.15, 0.2) is 12.6 Å². The van der Waals surface area contributed by atoms with Gasteiger partial charge in [0, 0.05) is 19.7 Å². The molecule has 6 nitrogen and oxygen atoms in total. The highest BCUT2D eigenvalue weighted by Gasteiger charge is 2.28. The van der Waals surface area contributed by atoms with Crippen LogP contribution in [0.1, 0.15) is 32.3 Å². The molecule has 0 atom stereocenters. The monoisotopic (exact) mass is 547 g/mol. The third-order valence-corrected chi connectivity index (χ3v) is 3.62. The topological polar surface area (TPSA) is 64.1 Å². The molecule has 0 amide bonds. The van der Waals surface area contributed by atoms with Gasteiger partial charge in [0.2, 0.25) is 0 Å². The van der Waals surface area contributed by atoms with Crippen molar-refractivity contribution in [2.45, 2.75) is 39.4 Å². The van der Waals surface area contributed by atoms with E-state index in [4.69, 9.17) is 14.2 Å². The van der Waals surface area contributed by atoms with Gasteiger partial charge in [-0.2, -0.15) is 13.2 Å². The lowest BCUT2D eigenvalue weighted by atomic mass is 10.2. The molecule has 0 bridgehead atoms. The Kier molecular flexibility index (Phi) is 16.7. The van der Waals surface area contributed by atoms with E-state index in [9.17, 15) is 13.2 Å². The number of alkyl halides is 3.